The van der Waals surface area contributed by atoms with Crippen molar-refractivity contribution in [3.8, 4) is 12.3 Å². The first-order chi connectivity index (χ1) is 9.22. The van der Waals surface area contributed by atoms with Gasteiger partial charge in [-0.25, -0.2) is 4.79 Å². The number of nitrogens with one attached hydrogen (secondary N) is 1. The van der Waals surface area contributed by atoms with Crippen LogP contribution in [0.2, 0.25) is 0 Å². The highest BCUT2D eigenvalue weighted by Crippen LogP contribution is 2.17. The summed E-state index contributed by atoms with van der Waals surface area (Å²) >= 11 is 0. The van der Waals surface area contributed by atoms with Gasteiger partial charge in [-0.15, -0.1) is 6.42 Å². The van der Waals surface area contributed by atoms with Crippen molar-refractivity contribution in [2.24, 2.45) is 0 Å². The molecule has 5 nitrogen and oxygen atoms in total. The summed E-state index contributed by atoms with van der Waals surface area (Å²) in [5.41, 5.74) is 1.59. The van der Waals surface area contributed by atoms with E-state index >= 15 is 0 Å². The van der Waals surface area contributed by atoms with Crippen LogP contribution in [0.4, 0.5) is 11.7 Å². The predicted octanol–water partition coefficient (Wildman–Crippen LogP) is 2.58. The van der Waals surface area contributed by atoms with Gasteiger partial charge in [0.05, 0.1) is 6.61 Å². The number of aromatic nitrogens is 1. The Balaban J connectivity index is 2.11. The number of nitrogens with zero attached hydrogens (tertiary/aromatic N) is 1. The van der Waals surface area contributed by atoms with Gasteiger partial charge in [-0.3, -0.25) is 0 Å². The smallest absolute Gasteiger partial charge is 0.360 e. The molecule has 2 aromatic rings. The Morgan fingerprint density at radius 2 is 2.42 bits per heavy atom. The maximum atomic E-state index is 11.4. The van der Waals surface area contributed by atoms with Crippen LogP contribution in [0.5, 0.6) is 0 Å². The molecule has 0 atom stereocenters. The average molecular weight is 256 g/mol. The van der Waals surface area contributed by atoms with Gasteiger partial charge >= 0.3 is 5.97 Å². The van der Waals surface area contributed by atoms with E-state index in [0.717, 1.165) is 11.3 Å². The molecule has 0 saturated carbocycles. The number of rotatable bonds is 4. The molecular weight excluding hydrogens is 244 g/mol. The van der Waals surface area contributed by atoms with Gasteiger partial charge in [0.15, 0.2) is 5.69 Å². The van der Waals surface area contributed by atoms with Crippen molar-refractivity contribution in [1.29, 1.82) is 0 Å². The quantitative estimate of drug-likeness (QED) is 0.672. The number of benzene rings is 1. The highest BCUT2D eigenvalue weighted by Gasteiger charge is 2.13. The van der Waals surface area contributed by atoms with Crippen molar-refractivity contribution in [2.45, 2.75) is 6.92 Å². The van der Waals surface area contributed by atoms with Crippen LogP contribution in [0.15, 0.2) is 34.9 Å². The molecule has 1 N–H and O–H groups in total. The summed E-state index contributed by atoms with van der Waals surface area (Å²) < 4.78 is 9.95. The average Bonchev–Trinajstić information content (AvgIpc) is 2.88. The summed E-state index contributed by atoms with van der Waals surface area (Å²) in [6.07, 6.45) is 6.55. The molecule has 0 aliphatic rings. The lowest BCUT2D eigenvalue weighted by Gasteiger charge is -2.01. The molecule has 0 aliphatic carbocycles. The number of carbonyl (C=O) groups excluding carboxylic acids is 1. The Morgan fingerprint density at radius 1 is 1.58 bits per heavy atom. The van der Waals surface area contributed by atoms with E-state index in [-0.39, 0.29) is 11.7 Å². The molecule has 0 bridgehead atoms. The number of carbonyl (C=O) groups is 1. The van der Waals surface area contributed by atoms with Crippen LogP contribution in [0.1, 0.15) is 23.0 Å². The fourth-order valence-corrected chi connectivity index (χ4v) is 1.44. The highest BCUT2D eigenvalue weighted by molar-refractivity contribution is 5.87. The van der Waals surface area contributed by atoms with Crippen LogP contribution in [0, 0.1) is 12.3 Å². The summed E-state index contributed by atoms with van der Waals surface area (Å²) in [4.78, 5) is 15.4. The summed E-state index contributed by atoms with van der Waals surface area (Å²) in [5, 5.41) is 2.91. The zero-order valence-corrected chi connectivity index (χ0v) is 10.3. The van der Waals surface area contributed by atoms with Crippen LogP contribution < -0.4 is 5.32 Å². The Labute approximate surface area is 110 Å². The first-order valence-corrected chi connectivity index (χ1v) is 5.69. The second-order valence-corrected chi connectivity index (χ2v) is 3.61. The first-order valence-electron chi connectivity index (χ1n) is 5.69. The van der Waals surface area contributed by atoms with Gasteiger partial charge in [0, 0.05) is 11.3 Å². The molecule has 0 spiro atoms. The lowest BCUT2D eigenvalue weighted by molar-refractivity contribution is 0.0519. The molecule has 1 aromatic carbocycles. The summed E-state index contributed by atoms with van der Waals surface area (Å²) in [6.45, 7) is 2.02. The zero-order chi connectivity index (χ0) is 13.7. The standard InChI is InChI=1S/C14H12N2O3/c1-3-10-6-5-7-11(8-10)15-14-16-12(9-19-14)13(17)18-4-2/h1,5-9H,4H2,2H3,(H,15,16). The Morgan fingerprint density at radius 3 is 3.16 bits per heavy atom. The lowest BCUT2D eigenvalue weighted by atomic mass is 10.2. The van der Waals surface area contributed by atoms with Crippen LogP contribution >= 0.6 is 0 Å². The maximum Gasteiger partial charge on any atom is 0.360 e. The molecule has 0 fully saturated rings. The van der Waals surface area contributed by atoms with Gasteiger partial charge in [-0.05, 0) is 25.1 Å². The normalized spacial score (nSPS) is 9.68. The van der Waals surface area contributed by atoms with Gasteiger partial charge in [-0.2, -0.15) is 4.98 Å². The second-order valence-electron chi connectivity index (χ2n) is 3.61. The van der Waals surface area contributed by atoms with Gasteiger partial charge < -0.3 is 14.5 Å². The topological polar surface area (TPSA) is 64.4 Å². The second kappa shape index (κ2) is 5.74. The molecule has 96 valence electrons. The summed E-state index contributed by atoms with van der Waals surface area (Å²) in [7, 11) is 0. The monoisotopic (exact) mass is 256 g/mol. The van der Waals surface area contributed by atoms with Gasteiger partial charge in [-0.1, -0.05) is 12.0 Å². The minimum absolute atomic E-state index is 0.123. The third-order valence-corrected chi connectivity index (χ3v) is 2.27. The number of hydrogen-bond acceptors (Lipinski definition) is 5. The molecule has 5 heteroatoms. The van der Waals surface area contributed by atoms with E-state index in [4.69, 9.17) is 15.6 Å². The van der Waals surface area contributed by atoms with Gasteiger partial charge in [0.1, 0.15) is 6.26 Å². The van der Waals surface area contributed by atoms with Crippen LogP contribution in [-0.2, 0) is 4.74 Å². The Kier molecular flexibility index (Phi) is 3.84. The van der Waals surface area contributed by atoms with Crippen molar-refractivity contribution < 1.29 is 13.9 Å². The van der Waals surface area contributed by atoms with E-state index in [2.05, 4.69) is 16.2 Å². The Hall–Kier alpha value is -2.74. The number of esters is 1. The first kappa shape index (κ1) is 12.7. The van der Waals surface area contributed by atoms with E-state index < -0.39 is 5.97 Å². The van der Waals surface area contributed by atoms with Gasteiger partial charge in [0.2, 0.25) is 0 Å². The third kappa shape index (κ3) is 3.13. The van der Waals surface area contributed by atoms with Crippen molar-refractivity contribution in [1.82, 2.24) is 4.98 Å². The van der Waals surface area contributed by atoms with E-state index in [0.29, 0.717) is 6.61 Å². The molecule has 0 radical (unpaired) electrons. The Bertz CT molecular complexity index is 626. The molecule has 0 unspecified atom stereocenters. The molecule has 19 heavy (non-hydrogen) atoms. The maximum absolute atomic E-state index is 11.4. The molecule has 1 aromatic heterocycles. The highest BCUT2D eigenvalue weighted by atomic mass is 16.5. The molecule has 0 saturated heterocycles. The zero-order valence-electron chi connectivity index (χ0n) is 10.3. The van der Waals surface area contributed by atoms with E-state index in [1.165, 1.54) is 6.26 Å². The van der Waals surface area contributed by atoms with Crippen molar-refractivity contribution in [3.63, 3.8) is 0 Å². The van der Waals surface area contributed by atoms with Crippen LogP contribution in [0.3, 0.4) is 0 Å². The molecule has 1 heterocycles. The van der Waals surface area contributed by atoms with Crippen LogP contribution in [-0.4, -0.2) is 17.6 Å². The molecule has 0 aliphatic heterocycles. The van der Waals surface area contributed by atoms with E-state index in [1.807, 2.05) is 18.2 Å². The fourth-order valence-electron chi connectivity index (χ4n) is 1.44. The third-order valence-electron chi connectivity index (χ3n) is 2.27. The minimum Gasteiger partial charge on any atom is -0.461 e. The SMILES string of the molecule is C#Cc1cccc(Nc2nc(C(=O)OCC)co2)c1. The molecular formula is C14H12N2O3. The predicted molar refractivity (Wildman–Crippen MR) is 70.1 cm³/mol. The van der Waals surface area contributed by atoms with Crippen molar-refractivity contribution in [2.75, 3.05) is 11.9 Å². The summed E-state index contributed by atoms with van der Waals surface area (Å²) in [6, 6.07) is 7.41. The largest absolute Gasteiger partial charge is 0.461 e. The van der Waals surface area contributed by atoms with Crippen LogP contribution in [0.25, 0.3) is 0 Å². The number of terminal acetylenes is 1. The number of anilines is 2. The fraction of sp³-hybridized carbons (Fsp3) is 0.143. The number of hydrogen-bond donors (Lipinski definition) is 1. The lowest BCUT2D eigenvalue weighted by Crippen LogP contribution is -2.04. The van der Waals surface area contributed by atoms with Crippen molar-refractivity contribution >= 4 is 17.7 Å². The molecule has 2 rings (SSSR count). The summed E-state index contributed by atoms with van der Waals surface area (Å²) in [5.74, 6) is 2.01. The van der Waals surface area contributed by atoms with Crippen molar-refractivity contribution in [3.05, 3.63) is 41.8 Å². The van der Waals surface area contributed by atoms with E-state index in [9.17, 15) is 4.79 Å². The van der Waals surface area contributed by atoms with E-state index in [1.54, 1.807) is 13.0 Å². The minimum atomic E-state index is -0.517. The molecule has 0 amide bonds. The number of oxazole rings is 1. The number of ether oxygens (including phenoxy) is 1. The van der Waals surface area contributed by atoms with Gasteiger partial charge in [0.25, 0.3) is 6.01 Å².